The van der Waals surface area contributed by atoms with Gasteiger partial charge in [0.15, 0.2) is 11.5 Å². The number of nitrogens with zero attached hydrogens (tertiary/aromatic N) is 2. The molecule has 27 heavy (non-hydrogen) atoms. The third kappa shape index (κ3) is 3.95. The molecule has 144 valence electrons. The molecule has 0 saturated carbocycles. The maximum Gasteiger partial charge on any atom is 0.262 e. The Morgan fingerprint density at radius 1 is 1.07 bits per heavy atom. The number of rotatable bonds is 4. The Kier molecular flexibility index (Phi) is 4.82. The minimum absolute atomic E-state index is 0.126. The van der Waals surface area contributed by atoms with Crippen molar-refractivity contribution in [3.63, 3.8) is 0 Å². The van der Waals surface area contributed by atoms with Gasteiger partial charge in [0.1, 0.15) is 19.0 Å². The SMILES string of the molecule is CC1CCN(c2ccc(NS(=O)(=O)c3ccc4c(c3)OCCO4)cn2)CC1. The average Bonchev–Trinajstić information content (AvgIpc) is 2.68. The zero-order valence-corrected chi connectivity index (χ0v) is 16.0. The van der Waals surface area contributed by atoms with Crippen LogP contribution < -0.4 is 19.1 Å². The van der Waals surface area contributed by atoms with Gasteiger partial charge in [0.05, 0.1) is 16.8 Å². The third-order valence-electron chi connectivity index (χ3n) is 4.93. The fourth-order valence-electron chi connectivity index (χ4n) is 3.28. The van der Waals surface area contributed by atoms with Crippen LogP contribution in [0, 0.1) is 5.92 Å². The molecule has 0 bridgehead atoms. The van der Waals surface area contributed by atoms with E-state index >= 15 is 0 Å². The minimum Gasteiger partial charge on any atom is -0.486 e. The Bertz CT molecular complexity index is 907. The molecule has 0 amide bonds. The van der Waals surface area contributed by atoms with Crippen molar-refractivity contribution in [1.82, 2.24) is 4.98 Å². The van der Waals surface area contributed by atoms with Crippen molar-refractivity contribution in [1.29, 1.82) is 0 Å². The highest BCUT2D eigenvalue weighted by molar-refractivity contribution is 7.92. The molecule has 4 rings (SSSR count). The van der Waals surface area contributed by atoms with Crippen molar-refractivity contribution < 1.29 is 17.9 Å². The smallest absolute Gasteiger partial charge is 0.262 e. The largest absolute Gasteiger partial charge is 0.486 e. The van der Waals surface area contributed by atoms with Gasteiger partial charge in [-0.05, 0) is 43.0 Å². The topological polar surface area (TPSA) is 80.8 Å². The van der Waals surface area contributed by atoms with Crippen LogP contribution in [0.15, 0.2) is 41.4 Å². The number of anilines is 2. The standard InChI is InChI=1S/C19H23N3O4S/c1-14-6-8-22(9-7-14)19-5-2-15(13-20-19)21-27(23,24)16-3-4-17-18(12-16)26-11-10-25-17/h2-5,12-14,21H,6-11H2,1H3. The van der Waals surface area contributed by atoms with E-state index in [1.165, 1.54) is 12.1 Å². The van der Waals surface area contributed by atoms with Crippen LogP contribution in [-0.4, -0.2) is 39.7 Å². The Labute approximate surface area is 159 Å². The van der Waals surface area contributed by atoms with Crippen molar-refractivity contribution in [3.8, 4) is 11.5 Å². The summed E-state index contributed by atoms with van der Waals surface area (Å²) in [6, 6.07) is 8.20. The number of fused-ring (bicyclic) bond motifs is 1. The summed E-state index contributed by atoms with van der Waals surface area (Å²) in [7, 11) is -3.73. The molecule has 1 aromatic heterocycles. The predicted molar refractivity (Wildman–Crippen MR) is 103 cm³/mol. The highest BCUT2D eigenvalue weighted by atomic mass is 32.2. The molecule has 1 aromatic carbocycles. The van der Waals surface area contributed by atoms with E-state index in [4.69, 9.17) is 9.47 Å². The number of ether oxygens (including phenoxy) is 2. The van der Waals surface area contributed by atoms with E-state index in [2.05, 4.69) is 21.5 Å². The molecule has 2 aromatic rings. The van der Waals surface area contributed by atoms with Crippen LogP contribution in [0.2, 0.25) is 0 Å². The summed E-state index contributed by atoms with van der Waals surface area (Å²) in [6.07, 6.45) is 3.86. The van der Waals surface area contributed by atoms with E-state index < -0.39 is 10.0 Å². The van der Waals surface area contributed by atoms with Gasteiger partial charge in [-0.1, -0.05) is 6.92 Å². The molecule has 2 aliphatic rings. The first-order valence-corrected chi connectivity index (χ1v) is 10.6. The molecule has 0 aliphatic carbocycles. The lowest BCUT2D eigenvalue weighted by molar-refractivity contribution is 0.171. The van der Waals surface area contributed by atoms with Gasteiger partial charge in [0.2, 0.25) is 0 Å². The molecule has 7 nitrogen and oxygen atoms in total. The van der Waals surface area contributed by atoms with E-state index in [1.54, 1.807) is 18.3 Å². The fourth-order valence-corrected chi connectivity index (χ4v) is 4.33. The lowest BCUT2D eigenvalue weighted by atomic mass is 9.99. The minimum atomic E-state index is -3.73. The number of aromatic nitrogens is 1. The third-order valence-corrected chi connectivity index (χ3v) is 6.31. The summed E-state index contributed by atoms with van der Waals surface area (Å²) in [6.45, 7) is 5.10. The number of piperidine rings is 1. The van der Waals surface area contributed by atoms with Crippen molar-refractivity contribution in [2.75, 3.05) is 35.9 Å². The molecule has 0 unspecified atom stereocenters. The van der Waals surface area contributed by atoms with Crippen LogP contribution in [-0.2, 0) is 10.0 Å². The van der Waals surface area contributed by atoms with Crippen molar-refractivity contribution in [2.45, 2.75) is 24.7 Å². The average molecular weight is 389 g/mol. The van der Waals surface area contributed by atoms with Crippen LogP contribution in [0.25, 0.3) is 0 Å². The summed E-state index contributed by atoms with van der Waals surface area (Å²) in [5.41, 5.74) is 0.430. The molecule has 1 N–H and O–H groups in total. The van der Waals surface area contributed by atoms with Crippen LogP contribution in [0.1, 0.15) is 19.8 Å². The van der Waals surface area contributed by atoms with E-state index in [0.717, 1.165) is 37.7 Å². The number of hydrogen-bond acceptors (Lipinski definition) is 6. The van der Waals surface area contributed by atoms with Crippen molar-refractivity contribution >= 4 is 21.5 Å². The second-order valence-corrected chi connectivity index (χ2v) is 8.67. The Morgan fingerprint density at radius 3 is 2.52 bits per heavy atom. The van der Waals surface area contributed by atoms with Crippen LogP contribution in [0.4, 0.5) is 11.5 Å². The Balaban J connectivity index is 1.48. The number of benzene rings is 1. The Hall–Kier alpha value is -2.48. The fraction of sp³-hybridized carbons (Fsp3) is 0.421. The van der Waals surface area contributed by atoms with E-state index in [1.807, 2.05) is 6.07 Å². The molecule has 0 spiro atoms. The molecule has 3 heterocycles. The quantitative estimate of drug-likeness (QED) is 0.866. The van der Waals surface area contributed by atoms with Crippen LogP contribution in [0.5, 0.6) is 11.5 Å². The zero-order valence-electron chi connectivity index (χ0n) is 15.2. The zero-order chi connectivity index (χ0) is 18.9. The van der Waals surface area contributed by atoms with Crippen LogP contribution in [0.3, 0.4) is 0 Å². The molecule has 1 fully saturated rings. The van der Waals surface area contributed by atoms with Gasteiger partial charge in [0, 0.05) is 19.2 Å². The van der Waals surface area contributed by atoms with Crippen molar-refractivity contribution in [2.24, 2.45) is 5.92 Å². The van der Waals surface area contributed by atoms with Gasteiger partial charge in [-0.15, -0.1) is 0 Å². The predicted octanol–water partition coefficient (Wildman–Crippen LogP) is 2.89. The number of pyridine rings is 1. The molecular formula is C19H23N3O4S. The van der Waals surface area contributed by atoms with Crippen LogP contribution >= 0.6 is 0 Å². The van der Waals surface area contributed by atoms with Gasteiger partial charge in [-0.3, -0.25) is 4.72 Å². The first kappa shape index (κ1) is 17.9. The second kappa shape index (κ2) is 7.26. The summed E-state index contributed by atoms with van der Waals surface area (Å²) in [4.78, 5) is 6.79. The Morgan fingerprint density at radius 2 is 1.81 bits per heavy atom. The second-order valence-electron chi connectivity index (χ2n) is 6.99. The maximum atomic E-state index is 12.7. The number of nitrogens with one attached hydrogen (secondary N) is 1. The van der Waals surface area contributed by atoms with Crippen molar-refractivity contribution in [3.05, 3.63) is 36.5 Å². The molecule has 0 atom stereocenters. The van der Waals surface area contributed by atoms with E-state index in [0.29, 0.717) is 30.4 Å². The van der Waals surface area contributed by atoms with Gasteiger partial charge < -0.3 is 14.4 Å². The highest BCUT2D eigenvalue weighted by Gasteiger charge is 2.20. The first-order chi connectivity index (χ1) is 13.0. The lowest BCUT2D eigenvalue weighted by Gasteiger charge is -2.31. The van der Waals surface area contributed by atoms with E-state index in [-0.39, 0.29) is 4.90 Å². The summed E-state index contributed by atoms with van der Waals surface area (Å²) in [5.74, 6) is 2.63. The monoisotopic (exact) mass is 389 g/mol. The van der Waals surface area contributed by atoms with Gasteiger partial charge in [-0.2, -0.15) is 0 Å². The summed E-state index contributed by atoms with van der Waals surface area (Å²) >= 11 is 0. The molecule has 8 heteroatoms. The van der Waals surface area contributed by atoms with Gasteiger partial charge in [0.25, 0.3) is 10.0 Å². The molecule has 0 radical (unpaired) electrons. The highest BCUT2D eigenvalue weighted by Crippen LogP contribution is 2.32. The van der Waals surface area contributed by atoms with E-state index in [9.17, 15) is 8.42 Å². The molecule has 1 saturated heterocycles. The van der Waals surface area contributed by atoms with Gasteiger partial charge in [-0.25, -0.2) is 13.4 Å². The summed E-state index contributed by atoms with van der Waals surface area (Å²) in [5, 5.41) is 0. The maximum absolute atomic E-state index is 12.7. The lowest BCUT2D eigenvalue weighted by Crippen LogP contribution is -2.33. The molecule has 2 aliphatic heterocycles. The first-order valence-electron chi connectivity index (χ1n) is 9.15. The summed E-state index contributed by atoms with van der Waals surface area (Å²) < 4.78 is 38.8. The number of sulfonamides is 1. The number of hydrogen-bond donors (Lipinski definition) is 1. The normalized spacial score (nSPS) is 17.6. The molecular weight excluding hydrogens is 366 g/mol. The van der Waals surface area contributed by atoms with Gasteiger partial charge >= 0.3 is 0 Å².